The molecule has 1 aliphatic heterocycles. The average Bonchev–Trinajstić information content (AvgIpc) is 2.91. The Bertz CT molecular complexity index is 582. The van der Waals surface area contributed by atoms with Gasteiger partial charge >= 0.3 is 5.97 Å². The van der Waals surface area contributed by atoms with Crippen LogP contribution in [0.5, 0.6) is 0 Å². The van der Waals surface area contributed by atoms with Crippen molar-refractivity contribution in [3.05, 3.63) is 40.4 Å². The minimum absolute atomic E-state index is 0.170. The Kier molecular flexibility index (Phi) is 3.47. The molecular weight excluding hydrogens is 274 g/mol. The minimum atomic E-state index is -0.292. The van der Waals surface area contributed by atoms with E-state index in [9.17, 15) is 4.79 Å². The highest BCUT2D eigenvalue weighted by Crippen LogP contribution is 2.46. The number of benzene rings is 1. The molecule has 1 N–H and O–H groups in total. The number of hydrogen-bond donors (Lipinski definition) is 1. The molecule has 1 heterocycles. The molecule has 0 aromatic heterocycles. The molecule has 0 bridgehead atoms. The average molecular weight is 292 g/mol. The molecule has 3 nitrogen and oxygen atoms in total. The van der Waals surface area contributed by atoms with Crippen LogP contribution < -0.4 is 5.32 Å². The van der Waals surface area contributed by atoms with Crippen LogP contribution in [0.1, 0.15) is 30.4 Å². The van der Waals surface area contributed by atoms with Crippen molar-refractivity contribution >= 4 is 23.3 Å². The van der Waals surface area contributed by atoms with Gasteiger partial charge in [0.2, 0.25) is 0 Å². The number of rotatable bonds is 2. The van der Waals surface area contributed by atoms with Gasteiger partial charge in [0.05, 0.1) is 6.61 Å². The lowest BCUT2D eigenvalue weighted by Gasteiger charge is -2.36. The molecular formula is C16H18ClNO2. The number of hydrogen-bond acceptors (Lipinski definition) is 3. The lowest BCUT2D eigenvalue weighted by atomic mass is 9.78. The third-order valence-corrected chi connectivity index (χ3v) is 4.68. The summed E-state index contributed by atoms with van der Waals surface area (Å²) >= 11 is 6.20. The molecule has 4 heteroatoms. The van der Waals surface area contributed by atoms with Gasteiger partial charge in [-0.2, -0.15) is 0 Å². The maximum atomic E-state index is 12.2. The van der Waals surface area contributed by atoms with Crippen LogP contribution >= 0.6 is 11.6 Å². The van der Waals surface area contributed by atoms with E-state index in [4.69, 9.17) is 16.3 Å². The van der Waals surface area contributed by atoms with Gasteiger partial charge in [0.15, 0.2) is 0 Å². The summed E-state index contributed by atoms with van der Waals surface area (Å²) in [6.07, 6.45) is 5.26. The van der Waals surface area contributed by atoms with Crippen molar-refractivity contribution in [2.45, 2.75) is 32.2 Å². The minimum Gasteiger partial charge on any atom is -0.464 e. The first-order valence-electron chi connectivity index (χ1n) is 7.02. The zero-order valence-electron chi connectivity index (χ0n) is 11.7. The van der Waals surface area contributed by atoms with E-state index in [1.165, 1.54) is 5.56 Å². The Morgan fingerprint density at radius 2 is 2.30 bits per heavy atom. The van der Waals surface area contributed by atoms with E-state index in [0.29, 0.717) is 6.61 Å². The van der Waals surface area contributed by atoms with Gasteiger partial charge in [0, 0.05) is 22.5 Å². The second-order valence-corrected chi connectivity index (χ2v) is 5.77. The Morgan fingerprint density at radius 3 is 3.05 bits per heavy atom. The number of ether oxygens (including phenoxy) is 1. The molecule has 3 rings (SSSR count). The van der Waals surface area contributed by atoms with Crippen LogP contribution in [0, 0.1) is 12.8 Å². The molecule has 2 aliphatic rings. The summed E-state index contributed by atoms with van der Waals surface area (Å²) in [5.74, 6) is 0.343. The van der Waals surface area contributed by atoms with Crippen LogP contribution in [0.15, 0.2) is 24.3 Å². The van der Waals surface area contributed by atoms with Gasteiger partial charge in [-0.1, -0.05) is 29.8 Å². The molecule has 1 aromatic carbocycles. The van der Waals surface area contributed by atoms with Crippen molar-refractivity contribution in [2.75, 3.05) is 11.9 Å². The van der Waals surface area contributed by atoms with Crippen LogP contribution in [-0.2, 0) is 9.53 Å². The summed E-state index contributed by atoms with van der Waals surface area (Å²) in [6, 6.07) is 3.71. The van der Waals surface area contributed by atoms with Crippen molar-refractivity contribution in [2.24, 2.45) is 5.92 Å². The van der Waals surface area contributed by atoms with Crippen LogP contribution in [0.25, 0.3) is 0 Å². The van der Waals surface area contributed by atoms with Crippen LogP contribution in [0.3, 0.4) is 0 Å². The summed E-state index contributed by atoms with van der Waals surface area (Å²) in [7, 11) is 0. The topological polar surface area (TPSA) is 38.3 Å². The first kappa shape index (κ1) is 13.5. The number of nitrogens with one attached hydrogen (secondary N) is 1. The van der Waals surface area contributed by atoms with E-state index in [2.05, 4.69) is 23.5 Å². The fraction of sp³-hybridized carbons (Fsp3) is 0.438. The number of allylic oxidation sites excluding steroid dienone is 2. The molecule has 0 saturated heterocycles. The van der Waals surface area contributed by atoms with Crippen molar-refractivity contribution in [1.82, 2.24) is 0 Å². The maximum Gasteiger partial charge on any atom is 0.328 e. The first-order chi connectivity index (χ1) is 9.63. The lowest BCUT2D eigenvalue weighted by molar-refractivity contribution is -0.145. The molecule has 106 valence electrons. The summed E-state index contributed by atoms with van der Waals surface area (Å²) in [4.78, 5) is 12.2. The Hall–Kier alpha value is -1.48. The summed E-state index contributed by atoms with van der Waals surface area (Å²) < 4.78 is 5.21. The van der Waals surface area contributed by atoms with Crippen molar-refractivity contribution in [3.63, 3.8) is 0 Å². The zero-order valence-corrected chi connectivity index (χ0v) is 12.4. The maximum absolute atomic E-state index is 12.2. The molecule has 0 saturated carbocycles. The number of esters is 1. The Balaban J connectivity index is 2.03. The quantitative estimate of drug-likeness (QED) is 0.667. The highest BCUT2D eigenvalue weighted by atomic mass is 35.5. The fourth-order valence-corrected chi connectivity index (χ4v) is 3.41. The molecule has 0 radical (unpaired) electrons. The van der Waals surface area contributed by atoms with Gasteiger partial charge < -0.3 is 10.1 Å². The lowest BCUT2D eigenvalue weighted by Crippen LogP contribution is -2.43. The molecule has 1 aliphatic carbocycles. The third kappa shape index (κ3) is 2.01. The van der Waals surface area contributed by atoms with Gasteiger partial charge in [-0.05, 0) is 37.5 Å². The second kappa shape index (κ2) is 5.13. The number of carbonyl (C=O) groups excluding carboxylic acids is 1. The van der Waals surface area contributed by atoms with Crippen molar-refractivity contribution in [1.29, 1.82) is 0 Å². The first-order valence-corrected chi connectivity index (χ1v) is 7.40. The predicted molar refractivity (Wildman–Crippen MR) is 80.2 cm³/mol. The Labute approximate surface area is 124 Å². The van der Waals surface area contributed by atoms with E-state index in [0.717, 1.165) is 22.7 Å². The molecule has 1 aromatic rings. The van der Waals surface area contributed by atoms with Crippen molar-refractivity contribution in [3.8, 4) is 0 Å². The van der Waals surface area contributed by atoms with E-state index in [-0.39, 0.29) is 23.8 Å². The number of anilines is 1. The number of halogens is 1. The molecule has 0 unspecified atom stereocenters. The molecule has 0 fully saturated rings. The van der Waals surface area contributed by atoms with Gasteiger partial charge in [-0.15, -0.1) is 0 Å². The van der Waals surface area contributed by atoms with Crippen molar-refractivity contribution < 1.29 is 9.53 Å². The molecule has 20 heavy (non-hydrogen) atoms. The zero-order chi connectivity index (χ0) is 14.3. The SMILES string of the molecule is CCOC(=O)[C@@H]1Nc2c(ccc(Cl)c2C)[C@H]2C=CC[C@@H]21. The van der Waals surface area contributed by atoms with E-state index < -0.39 is 0 Å². The van der Waals surface area contributed by atoms with Crippen LogP contribution in [0.4, 0.5) is 5.69 Å². The van der Waals surface area contributed by atoms with Crippen LogP contribution in [-0.4, -0.2) is 18.6 Å². The second-order valence-electron chi connectivity index (χ2n) is 5.36. The fourth-order valence-electron chi connectivity index (χ4n) is 3.25. The van der Waals surface area contributed by atoms with E-state index in [1.807, 2.05) is 19.9 Å². The monoisotopic (exact) mass is 291 g/mol. The smallest absolute Gasteiger partial charge is 0.328 e. The molecule has 0 amide bonds. The third-order valence-electron chi connectivity index (χ3n) is 4.27. The molecule has 3 atom stereocenters. The van der Waals surface area contributed by atoms with Gasteiger partial charge in [-0.25, -0.2) is 4.79 Å². The standard InChI is InChI=1S/C16H18ClNO2/c1-3-20-16(19)15-11-6-4-5-10(11)12-7-8-13(17)9(2)14(12)18-15/h4-5,7-8,10-11,15,18H,3,6H2,1-2H3/t10-,11-,15+/m0/s1. The largest absolute Gasteiger partial charge is 0.464 e. The summed E-state index contributed by atoms with van der Waals surface area (Å²) in [5, 5.41) is 4.08. The summed E-state index contributed by atoms with van der Waals surface area (Å²) in [6.45, 7) is 4.22. The highest BCUT2D eigenvalue weighted by Gasteiger charge is 2.42. The predicted octanol–water partition coefficient (Wildman–Crippen LogP) is 3.67. The number of fused-ring (bicyclic) bond motifs is 3. The molecule has 0 spiro atoms. The summed E-state index contributed by atoms with van der Waals surface area (Å²) in [5.41, 5.74) is 3.21. The van der Waals surface area contributed by atoms with Gasteiger partial charge in [0.25, 0.3) is 0 Å². The number of carbonyl (C=O) groups is 1. The van der Waals surface area contributed by atoms with Gasteiger partial charge in [0.1, 0.15) is 6.04 Å². The van der Waals surface area contributed by atoms with E-state index >= 15 is 0 Å². The Morgan fingerprint density at radius 1 is 1.50 bits per heavy atom. The van der Waals surface area contributed by atoms with E-state index in [1.54, 1.807) is 0 Å². The highest BCUT2D eigenvalue weighted by molar-refractivity contribution is 6.31. The normalized spacial score (nSPS) is 26.6. The van der Waals surface area contributed by atoms with Crippen LogP contribution in [0.2, 0.25) is 5.02 Å². The van der Waals surface area contributed by atoms with Gasteiger partial charge in [-0.3, -0.25) is 0 Å².